The third-order valence-corrected chi connectivity index (χ3v) is 2.94. The molecule has 1 aromatic rings. The van der Waals surface area contributed by atoms with E-state index in [0.717, 1.165) is 18.6 Å². The highest BCUT2D eigenvalue weighted by Crippen LogP contribution is 2.09. The molecule has 0 saturated carbocycles. The van der Waals surface area contributed by atoms with Gasteiger partial charge in [0.15, 0.2) is 0 Å². The molecular weight excluding hydrogens is 226 g/mol. The number of alkyl halides is 1. The Morgan fingerprint density at radius 1 is 1.44 bits per heavy atom. The van der Waals surface area contributed by atoms with Crippen LogP contribution in [0.3, 0.4) is 0 Å². The zero-order valence-electron chi connectivity index (χ0n) is 8.91. The van der Waals surface area contributed by atoms with Crippen LogP contribution in [0.5, 0.6) is 0 Å². The van der Waals surface area contributed by atoms with Crippen LogP contribution in [0, 0.1) is 0 Å². The molecule has 1 heterocycles. The van der Waals surface area contributed by atoms with Gasteiger partial charge in [-0.15, -0.1) is 11.6 Å². The first kappa shape index (κ1) is 11.4. The fraction of sp³-hybridized carbons (Fsp3) is 0.417. The maximum absolute atomic E-state index is 11.8. The zero-order chi connectivity index (χ0) is 11.4. The van der Waals surface area contributed by atoms with E-state index in [1.807, 2.05) is 12.1 Å². The smallest absolute Gasteiger partial charge is 0.251 e. The topological polar surface area (TPSA) is 38.3 Å². The Labute approximate surface area is 99.7 Å². The first-order chi connectivity index (χ1) is 7.79. The van der Waals surface area contributed by atoms with E-state index >= 15 is 0 Å². The summed E-state index contributed by atoms with van der Waals surface area (Å²) in [4.78, 5) is 11.8. The van der Waals surface area contributed by atoms with Crippen molar-refractivity contribution in [1.29, 1.82) is 0 Å². The quantitative estimate of drug-likeness (QED) is 0.819. The second kappa shape index (κ2) is 5.32. The van der Waals surface area contributed by atoms with Gasteiger partial charge in [-0.05, 0) is 24.1 Å². The van der Waals surface area contributed by atoms with Gasteiger partial charge in [-0.3, -0.25) is 4.79 Å². The summed E-state index contributed by atoms with van der Waals surface area (Å²) in [6.07, 6.45) is 0.894. The summed E-state index contributed by atoms with van der Waals surface area (Å²) in [7, 11) is 0. The van der Waals surface area contributed by atoms with Crippen molar-refractivity contribution in [3.05, 3.63) is 35.4 Å². The molecule has 1 unspecified atom stereocenters. The van der Waals surface area contributed by atoms with Crippen molar-refractivity contribution in [2.75, 3.05) is 13.2 Å². The Hall–Kier alpha value is -1.06. The van der Waals surface area contributed by atoms with E-state index < -0.39 is 0 Å². The van der Waals surface area contributed by atoms with Crippen molar-refractivity contribution < 1.29 is 9.53 Å². The summed E-state index contributed by atoms with van der Waals surface area (Å²) in [5.74, 6) is 0.426. The van der Waals surface area contributed by atoms with E-state index in [9.17, 15) is 4.79 Å². The predicted molar refractivity (Wildman–Crippen MR) is 62.7 cm³/mol. The second-order valence-corrected chi connectivity index (χ2v) is 4.13. The van der Waals surface area contributed by atoms with E-state index in [-0.39, 0.29) is 11.9 Å². The zero-order valence-corrected chi connectivity index (χ0v) is 9.67. The van der Waals surface area contributed by atoms with Crippen molar-refractivity contribution in [2.24, 2.45) is 0 Å². The van der Waals surface area contributed by atoms with Gasteiger partial charge in [0.1, 0.15) is 0 Å². The van der Waals surface area contributed by atoms with Gasteiger partial charge in [-0.1, -0.05) is 12.1 Å². The van der Waals surface area contributed by atoms with E-state index in [0.29, 0.717) is 18.1 Å². The van der Waals surface area contributed by atoms with Crippen LogP contribution in [0.25, 0.3) is 0 Å². The molecular formula is C12H14ClNO2. The summed E-state index contributed by atoms with van der Waals surface area (Å²) >= 11 is 5.68. The molecule has 1 amide bonds. The van der Waals surface area contributed by atoms with Crippen LogP contribution in [0.1, 0.15) is 22.3 Å². The minimum atomic E-state index is -0.0448. The molecule has 1 atom stereocenters. The van der Waals surface area contributed by atoms with Crippen LogP contribution in [-0.2, 0) is 10.6 Å². The predicted octanol–water partition coefficient (Wildman–Crippen LogP) is 1.94. The van der Waals surface area contributed by atoms with Gasteiger partial charge in [-0.25, -0.2) is 0 Å². The van der Waals surface area contributed by atoms with Crippen LogP contribution >= 0.6 is 11.6 Å². The lowest BCUT2D eigenvalue weighted by Crippen LogP contribution is -2.34. The summed E-state index contributed by atoms with van der Waals surface area (Å²) in [5.41, 5.74) is 1.68. The standard InChI is InChI=1S/C12H14ClNO2/c13-7-9-1-3-10(4-2-9)12(15)14-11-5-6-16-8-11/h1-4,11H,5-8H2,(H,14,15). The van der Waals surface area contributed by atoms with E-state index in [1.54, 1.807) is 12.1 Å². The number of carbonyl (C=O) groups is 1. The van der Waals surface area contributed by atoms with Crippen molar-refractivity contribution in [1.82, 2.24) is 5.32 Å². The lowest BCUT2D eigenvalue weighted by atomic mass is 10.1. The van der Waals surface area contributed by atoms with Gasteiger partial charge >= 0.3 is 0 Å². The molecule has 1 N–H and O–H groups in total. The van der Waals surface area contributed by atoms with Crippen molar-refractivity contribution in [3.8, 4) is 0 Å². The van der Waals surface area contributed by atoms with Crippen LogP contribution in [0.4, 0.5) is 0 Å². The maximum atomic E-state index is 11.8. The largest absolute Gasteiger partial charge is 0.379 e. The molecule has 1 aromatic carbocycles. The third-order valence-electron chi connectivity index (χ3n) is 2.64. The van der Waals surface area contributed by atoms with Crippen molar-refractivity contribution >= 4 is 17.5 Å². The average molecular weight is 240 g/mol. The lowest BCUT2D eigenvalue weighted by Gasteiger charge is -2.10. The average Bonchev–Trinajstić information content (AvgIpc) is 2.82. The van der Waals surface area contributed by atoms with Gasteiger partial charge in [0.05, 0.1) is 12.6 Å². The molecule has 1 aliphatic heterocycles. The summed E-state index contributed by atoms with van der Waals surface area (Å²) in [6.45, 7) is 1.35. The van der Waals surface area contributed by atoms with E-state index in [1.165, 1.54) is 0 Å². The monoisotopic (exact) mass is 239 g/mol. The Bertz CT molecular complexity index is 358. The number of amides is 1. The molecule has 16 heavy (non-hydrogen) atoms. The minimum absolute atomic E-state index is 0.0448. The Kier molecular flexibility index (Phi) is 3.80. The molecule has 0 bridgehead atoms. The van der Waals surface area contributed by atoms with Gasteiger partial charge in [0.25, 0.3) is 5.91 Å². The minimum Gasteiger partial charge on any atom is -0.379 e. The first-order valence-corrected chi connectivity index (χ1v) is 5.86. The highest BCUT2D eigenvalue weighted by Gasteiger charge is 2.18. The van der Waals surface area contributed by atoms with Crippen LogP contribution in [0.2, 0.25) is 0 Å². The molecule has 0 spiro atoms. The van der Waals surface area contributed by atoms with Crippen molar-refractivity contribution in [3.63, 3.8) is 0 Å². The number of carbonyl (C=O) groups excluding carboxylic acids is 1. The normalized spacial score (nSPS) is 19.7. The Morgan fingerprint density at radius 3 is 2.75 bits per heavy atom. The fourth-order valence-electron chi connectivity index (χ4n) is 1.66. The molecule has 0 aromatic heterocycles. The molecule has 1 fully saturated rings. The number of rotatable bonds is 3. The Morgan fingerprint density at radius 2 is 2.19 bits per heavy atom. The number of benzene rings is 1. The summed E-state index contributed by atoms with van der Waals surface area (Å²) in [5, 5.41) is 2.94. The molecule has 0 radical (unpaired) electrons. The highest BCUT2D eigenvalue weighted by atomic mass is 35.5. The highest BCUT2D eigenvalue weighted by molar-refractivity contribution is 6.17. The second-order valence-electron chi connectivity index (χ2n) is 3.86. The molecule has 3 nitrogen and oxygen atoms in total. The van der Waals surface area contributed by atoms with Gasteiger partial charge in [0.2, 0.25) is 0 Å². The number of hydrogen-bond donors (Lipinski definition) is 1. The van der Waals surface area contributed by atoms with Gasteiger partial charge in [-0.2, -0.15) is 0 Å². The third kappa shape index (κ3) is 2.74. The van der Waals surface area contributed by atoms with Gasteiger partial charge in [0, 0.05) is 18.1 Å². The van der Waals surface area contributed by atoms with Crippen molar-refractivity contribution in [2.45, 2.75) is 18.3 Å². The number of halogens is 1. The molecule has 0 aliphatic carbocycles. The molecule has 1 aliphatic rings. The molecule has 1 saturated heterocycles. The maximum Gasteiger partial charge on any atom is 0.251 e. The number of ether oxygens (including phenoxy) is 1. The molecule has 4 heteroatoms. The van der Waals surface area contributed by atoms with E-state index in [4.69, 9.17) is 16.3 Å². The number of nitrogens with one attached hydrogen (secondary N) is 1. The van der Waals surface area contributed by atoms with E-state index in [2.05, 4.69) is 5.32 Å². The lowest BCUT2D eigenvalue weighted by molar-refractivity contribution is 0.0930. The molecule has 86 valence electrons. The SMILES string of the molecule is O=C(NC1CCOC1)c1ccc(CCl)cc1. The summed E-state index contributed by atoms with van der Waals surface area (Å²) < 4.78 is 5.20. The molecule has 2 rings (SSSR count). The Balaban J connectivity index is 1.97. The number of hydrogen-bond acceptors (Lipinski definition) is 2. The summed E-state index contributed by atoms with van der Waals surface area (Å²) in [6, 6.07) is 7.48. The van der Waals surface area contributed by atoms with Crippen LogP contribution in [-0.4, -0.2) is 25.2 Å². The van der Waals surface area contributed by atoms with Crippen LogP contribution < -0.4 is 5.32 Å². The first-order valence-electron chi connectivity index (χ1n) is 5.33. The fourth-order valence-corrected chi connectivity index (χ4v) is 1.84. The van der Waals surface area contributed by atoms with Crippen LogP contribution in [0.15, 0.2) is 24.3 Å². The van der Waals surface area contributed by atoms with Gasteiger partial charge < -0.3 is 10.1 Å².